The van der Waals surface area contributed by atoms with Gasteiger partial charge in [0.05, 0.1) is 5.75 Å². The normalized spacial score (nSPS) is 11.8. The highest BCUT2D eigenvalue weighted by atomic mass is 32.2. The number of rotatable bonds is 9. The third-order valence-corrected chi connectivity index (χ3v) is 4.87. The summed E-state index contributed by atoms with van der Waals surface area (Å²) in [6, 6.07) is 7.72. The van der Waals surface area contributed by atoms with Gasteiger partial charge in [-0.1, -0.05) is 43.3 Å². The average Bonchev–Trinajstić information content (AvgIpc) is 2.40. The standard InChI is InChI=1S/C16H26N2O2S/c1-5-10-17-11-15-6-8-16(9-7-15)13-21(19,20)18(4)12-14(2)3/h6-9,17H,2,5,10-13H2,1,3-4H3. The highest BCUT2D eigenvalue weighted by Gasteiger charge is 2.18. The van der Waals surface area contributed by atoms with Gasteiger partial charge in [0.15, 0.2) is 0 Å². The Balaban J connectivity index is 2.64. The number of benzene rings is 1. The van der Waals surface area contributed by atoms with Crippen LogP contribution in [-0.4, -0.2) is 32.9 Å². The molecule has 0 radical (unpaired) electrons. The lowest BCUT2D eigenvalue weighted by molar-refractivity contribution is 0.492. The summed E-state index contributed by atoms with van der Waals surface area (Å²) in [6.45, 7) is 9.87. The highest BCUT2D eigenvalue weighted by molar-refractivity contribution is 7.88. The number of hydrogen-bond acceptors (Lipinski definition) is 3. The van der Waals surface area contributed by atoms with Crippen LogP contribution in [0.2, 0.25) is 0 Å². The number of likely N-dealkylation sites (N-methyl/N-ethyl adjacent to an activating group) is 1. The molecule has 0 bridgehead atoms. The van der Waals surface area contributed by atoms with E-state index in [0.717, 1.165) is 30.6 Å². The van der Waals surface area contributed by atoms with Gasteiger partial charge >= 0.3 is 0 Å². The molecule has 0 unspecified atom stereocenters. The molecule has 0 atom stereocenters. The summed E-state index contributed by atoms with van der Waals surface area (Å²) in [5.41, 5.74) is 2.81. The molecule has 0 amide bonds. The lowest BCUT2D eigenvalue weighted by Crippen LogP contribution is -2.29. The summed E-state index contributed by atoms with van der Waals surface area (Å²) in [7, 11) is -1.69. The monoisotopic (exact) mass is 310 g/mol. The van der Waals surface area contributed by atoms with Gasteiger partial charge < -0.3 is 5.32 Å². The van der Waals surface area contributed by atoms with Gasteiger partial charge in [-0.05, 0) is 31.0 Å². The zero-order chi connectivity index (χ0) is 15.9. The van der Waals surface area contributed by atoms with Crippen LogP contribution < -0.4 is 5.32 Å². The fourth-order valence-corrected chi connectivity index (χ4v) is 3.21. The Hall–Kier alpha value is -1.17. The van der Waals surface area contributed by atoms with Crippen molar-refractivity contribution in [1.82, 2.24) is 9.62 Å². The Morgan fingerprint density at radius 1 is 1.24 bits per heavy atom. The van der Waals surface area contributed by atoms with E-state index >= 15 is 0 Å². The zero-order valence-corrected chi connectivity index (χ0v) is 14.0. The summed E-state index contributed by atoms with van der Waals surface area (Å²) < 4.78 is 25.8. The van der Waals surface area contributed by atoms with E-state index in [2.05, 4.69) is 18.8 Å². The second kappa shape index (κ2) is 8.32. The SMILES string of the molecule is C=C(C)CN(C)S(=O)(=O)Cc1ccc(CNCCC)cc1. The second-order valence-electron chi connectivity index (χ2n) is 5.46. The van der Waals surface area contributed by atoms with Crippen LogP contribution in [0.1, 0.15) is 31.4 Å². The van der Waals surface area contributed by atoms with Gasteiger partial charge in [-0.2, -0.15) is 0 Å². The molecule has 0 aliphatic heterocycles. The summed E-state index contributed by atoms with van der Waals surface area (Å²) in [6.07, 6.45) is 1.10. The first kappa shape index (κ1) is 17.9. The Morgan fingerprint density at radius 2 is 1.81 bits per heavy atom. The van der Waals surface area contributed by atoms with Gasteiger partial charge in [-0.25, -0.2) is 12.7 Å². The average molecular weight is 310 g/mol. The van der Waals surface area contributed by atoms with E-state index in [1.165, 1.54) is 9.87 Å². The first-order chi connectivity index (χ1) is 9.85. The van der Waals surface area contributed by atoms with Crippen LogP contribution in [0.25, 0.3) is 0 Å². The van der Waals surface area contributed by atoms with Crippen molar-refractivity contribution in [2.75, 3.05) is 20.1 Å². The molecule has 0 aromatic heterocycles. The Bertz CT molecular complexity index is 550. The summed E-state index contributed by atoms with van der Waals surface area (Å²) in [5, 5.41) is 3.32. The lowest BCUT2D eigenvalue weighted by atomic mass is 10.1. The van der Waals surface area contributed by atoms with Crippen LogP contribution in [0.3, 0.4) is 0 Å². The maximum atomic E-state index is 12.2. The Morgan fingerprint density at radius 3 is 2.33 bits per heavy atom. The molecule has 1 aromatic rings. The molecule has 1 aromatic carbocycles. The predicted molar refractivity (Wildman–Crippen MR) is 88.5 cm³/mol. The molecule has 21 heavy (non-hydrogen) atoms. The highest BCUT2D eigenvalue weighted by Crippen LogP contribution is 2.12. The summed E-state index contributed by atoms with van der Waals surface area (Å²) >= 11 is 0. The molecule has 0 aliphatic carbocycles. The first-order valence-electron chi connectivity index (χ1n) is 7.22. The number of nitrogens with one attached hydrogen (secondary N) is 1. The molecule has 5 heteroatoms. The van der Waals surface area contributed by atoms with E-state index in [0.29, 0.717) is 6.54 Å². The maximum absolute atomic E-state index is 12.2. The maximum Gasteiger partial charge on any atom is 0.218 e. The van der Waals surface area contributed by atoms with E-state index in [1.807, 2.05) is 31.2 Å². The van der Waals surface area contributed by atoms with Crippen molar-refractivity contribution in [2.24, 2.45) is 0 Å². The number of sulfonamides is 1. The van der Waals surface area contributed by atoms with E-state index in [9.17, 15) is 8.42 Å². The first-order valence-corrected chi connectivity index (χ1v) is 8.83. The van der Waals surface area contributed by atoms with Crippen molar-refractivity contribution in [1.29, 1.82) is 0 Å². The van der Waals surface area contributed by atoms with E-state index in [-0.39, 0.29) is 5.75 Å². The van der Waals surface area contributed by atoms with Crippen LogP contribution in [0.5, 0.6) is 0 Å². The third kappa shape index (κ3) is 6.42. The Kier molecular flexibility index (Phi) is 7.08. The quantitative estimate of drug-likeness (QED) is 0.563. The fourth-order valence-electron chi connectivity index (χ4n) is 1.96. The molecule has 0 spiro atoms. The fraction of sp³-hybridized carbons (Fsp3) is 0.500. The van der Waals surface area contributed by atoms with Gasteiger partial charge in [0.1, 0.15) is 0 Å². The number of hydrogen-bond donors (Lipinski definition) is 1. The molecular formula is C16H26N2O2S. The molecule has 1 N–H and O–H groups in total. The van der Waals surface area contributed by atoms with Gasteiger partial charge in [0, 0.05) is 20.1 Å². The molecule has 118 valence electrons. The summed E-state index contributed by atoms with van der Waals surface area (Å²) in [4.78, 5) is 0. The minimum atomic E-state index is -3.29. The largest absolute Gasteiger partial charge is 0.313 e. The van der Waals surface area contributed by atoms with Crippen molar-refractivity contribution in [2.45, 2.75) is 32.6 Å². The predicted octanol–water partition coefficient (Wildman–Crippen LogP) is 2.52. The molecular weight excluding hydrogens is 284 g/mol. The molecule has 0 heterocycles. The van der Waals surface area contributed by atoms with Crippen LogP contribution in [0.15, 0.2) is 36.4 Å². The third-order valence-electron chi connectivity index (χ3n) is 3.10. The summed E-state index contributed by atoms with van der Waals surface area (Å²) in [5.74, 6) is 0.0272. The van der Waals surface area contributed by atoms with Crippen molar-refractivity contribution in [3.05, 3.63) is 47.5 Å². The van der Waals surface area contributed by atoms with Crippen molar-refractivity contribution >= 4 is 10.0 Å². The topological polar surface area (TPSA) is 49.4 Å². The second-order valence-corrected chi connectivity index (χ2v) is 7.54. The van der Waals surface area contributed by atoms with Gasteiger partial charge in [-0.15, -0.1) is 0 Å². The van der Waals surface area contributed by atoms with Crippen LogP contribution >= 0.6 is 0 Å². The molecule has 0 aliphatic rings. The van der Waals surface area contributed by atoms with Crippen LogP contribution in [-0.2, 0) is 22.3 Å². The van der Waals surface area contributed by atoms with Crippen molar-refractivity contribution in [3.63, 3.8) is 0 Å². The van der Waals surface area contributed by atoms with Crippen molar-refractivity contribution < 1.29 is 8.42 Å². The zero-order valence-electron chi connectivity index (χ0n) is 13.2. The molecule has 1 rings (SSSR count). The van der Waals surface area contributed by atoms with Gasteiger partial charge in [0.25, 0.3) is 0 Å². The molecule has 0 saturated heterocycles. The Labute approximate surface area is 128 Å². The molecule has 0 fully saturated rings. The van der Waals surface area contributed by atoms with E-state index in [1.54, 1.807) is 7.05 Å². The number of nitrogens with zero attached hydrogens (tertiary/aromatic N) is 1. The van der Waals surface area contributed by atoms with Crippen molar-refractivity contribution in [3.8, 4) is 0 Å². The van der Waals surface area contributed by atoms with E-state index < -0.39 is 10.0 Å². The molecule has 0 saturated carbocycles. The smallest absolute Gasteiger partial charge is 0.218 e. The van der Waals surface area contributed by atoms with E-state index in [4.69, 9.17) is 0 Å². The lowest BCUT2D eigenvalue weighted by Gasteiger charge is -2.17. The van der Waals surface area contributed by atoms with Crippen LogP contribution in [0.4, 0.5) is 0 Å². The van der Waals surface area contributed by atoms with Gasteiger partial charge in [-0.3, -0.25) is 0 Å². The van der Waals surface area contributed by atoms with Crippen LogP contribution in [0, 0.1) is 0 Å². The molecule has 4 nitrogen and oxygen atoms in total. The van der Waals surface area contributed by atoms with Gasteiger partial charge in [0.2, 0.25) is 10.0 Å². The minimum absolute atomic E-state index is 0.0272. The minimum Gasteiger partial charge on any atom is -0.313 e.